The number of aryl methyl sites for hydroxylation is 1. The van der Waals surface area contributed by atoms with Gasteiger partial charge in [0.2, 0.25) is 11.8 Å². The zero-order valence-electron chi connectivity index (χ0n) is 17.0. The van der Waals surface area contributed by atoms with E-state index in [4.69, 9.17) is 9.47 Å². The number of nitrogens with zero attached hydrogens (tertiary/aromatic N) is 2. The Kier molecular flexibility index (Phi) is 5.87. The molecule has 156 valence electrons. The minimum Gasteiger partial charge on any atom is -0.347 e. The first kappa shape index (κ1) is 19.9. The van der Waals surface area contributed by atoms with E-state index in [1.165, 1.54) is 5.56 Å². The van der Waals surface area contributed by atoms with Gasteiger partial charge in [0.05, 0.1) is 25.5 Å². The van der Waals surface area contributed by atoms with Crippen molar-refractivity contribution in [3.05, 3.63) is 41.5 Å². The van der Waals surface area contributed by atoms with Crippen LogP contribution in [0.25, 0.3) is 5.70 Å². The molecule has 3 aliphatic rings. The quantitative estimate of drug-likeness (QED) is 0.821. The molecule has 1 aromatic rings. The zero-order chi connectivity index (χ0) is 20.3. The van der Waals surface area contributed by atoms with Gasteiger partial charge in [-0.05, 0) is 23.6 Å². The monoisotopic (exact) mass is 399 g/mol. The maximum absolute atomic E-state index is 12.6. The van der Waals surface area contributed by atoms with Crippen LogP contribution >= 0.6 is 0 Å². The third kappa shape index (κ3) is 4.46. The van der Waals surface area contributed by atoms with Crippen LogP contribution in [0.15, 0.2) is 30.3 Å². The van der Waals surface area contributed by atoms with Crippen LogP contribution < -0.4 is 5.43 Å². The Morgan fingerprint density at radius 1 is 1.14 bits per heavy atom. The Hall–Kier alpha value is -2.38. The van der Waals surface area contributed by atoms with Gasteiger partial charge in [0, 0.05) is 38.8 Å². The average molecular weight is 399 g/mol. The van der Waals surface area contributed by atoms with E-state index in [2.05, 4.69) is 36.6 Å². The van der Waals surface area contributed by atoms with Gasteiger partial charge >= 0.3 is 0 Å². The van der Waals surface area contributed by atoms with E-state index in [0.717, 1.165) is 17.7 Å². The minimum atomic E-state index is -0.478. The van der Waals surface area contributed by atoms with Gasteiger partial charge in [-0.2, -0.15) is 0 Å². The van der Waals surface area contributed by atoms with E-state index in [0.29, 0.717) is 58.5 Å². The number of rotatable bonds is 5. The van der Waals surface area contributed by atoms with E-state index in [9.17, 15) is 9.59 Å². The van der Waals surface area contributed by atoms with Gasteiger partial charge in [-0.3, -0.25) is 20.0 Å². The lowest BCUT2D eigenvalue weighted by molar-refractivity contribution is -0.187. The third-order valence-electron chi connectivity index (χ3n) is 5.95. The van der Waals surface area contributed by atoms with Gasteiger partial charge in [0.15, 0.2) is 5.79 Å². The summed E-state index contributed by atoms with van der Waals surface area (Å²) in [6.07, 6.45) is 4.96. The van der Waals surface area contributed by atoms with E-state index < -0.39 is 5.79 Å². The molecule has 2 fully saturated rings. The second-order valence-electron chi connectivity index (χ2n) is 7.77. The predicted octanol–water partition coefficient (Wildman–Crippen LogP) is 2.08. The summed E-state index contributed by atoms with van der Waals surface area (Å²) in [6.45, 7) is 5.02. The highest BCUT2D eigenvalue weighted by Crippen LogP contribution is 2.31. The minimum absolute atomic E-state index is 0.0166. The number of likely N-dealkylation sites (tertiary alicyclic amines) is 1. The lowest BCUT2D eigenvalue weighted by Crippen LogP contribution is -2.49. The lowest BCUT2D eigenvalue weighted by atomic mass is 10.0. The summed E-state index contributed by atoms with van der Waals surface area (Å²) in [5.74, 6) is -0.429. The number of hydrogen-bond donors (Lipinski definition) is 1. The molecule has 2 saturated heterocycles. The Bertz CT molecular complexity index is 774. The summed E-state index contributed by atoms with van der Waals surface area (Å²) >= 11 is 0. The van der Waals surface area contributed by atoms with Crippen molar-refractivity contribution in [1.29, 1.82) is 0 Å². The molecule has 7 heteroatoms. The van der Waals surface area contributed by atoms with Gasteiger partial charge < -0.3 is 14.4 Å². The van der Waals surface area contributed by atoms with Crippen molar-refractivity contribution in [3.63, 3.8) is 0 Å². The zero-order valence-corrected chi connectivity index (χ0v) is 17.0. The summed E-state index contributed by atoms with van der Waals surface area (Å²) in [5, 5.41) is 1.57. The molecule has 0 bridgehead atoms. The summed E-state index contributed by atoms with van der Waals surface area (Å²) in [7, 11) is 0. The molecule has 0 aromatic heterocycles. The molecule has 29 heavy (non-hydrogen) atoms. The molecule has 0 aliphatic carbocycles. The number of carbonyl (C=O) groups is 2. The number of hydrogen-bond acceptors (Lipinski definition) is 5. The fraction of sp³-hybridized carbons (Fsp3) is 0.545. The first-order chi connectivity index (χ1) is 14.1. The molecule has 3 aliphatic heterocycles. The first-order valence-electron chi connectivity index (χ1n) is 10.5. The average Bonchev–Trinajstić information content (AvgIpc) is 3.21. The highest BCUT2D eigenvalue weighted by Gasteiger charge is 2.40. The van der Waals surface area contributed by atoms with Gasteiger partial charge in [-0.1, -0.05) is 31.2 Å². The summed E-state index contributed by atoms with van der Waals surface area (Å²) in [4.78, 5) is 26.8. The summed E-state index contributed by atoms with van der Waals surface area (Å²) in [6, 6.07) is 8.33. The molecule has 0 radical (unpaired) electrons. The Morgan fingerprint density at radius 3 is 2.48 bits per heavy atom. The molecule has 0 unspecified atom stereocenters. The second kappa shape index (κ2) is 8.55. The van der Waals surface area contributed by atoms with Crippen molar-refractivity contribution in [2.75, 3.05) is 32.8 Å². The second-order valence-corrected chi connectivity index (χ2v) is 7.77. The number of carbonyl (C=O) groups excluding carboxylic acids is 2. The normalized spacial score (nSPS) is 21.3. The first-order valence-corrected chi connectivity index (χ1v) is 10.5. The van der Waals surface area contributed by atoms with Gasteiger partial charge in [-0.15, -0.1) is 0 Å². The number of amides is 2. The largest absolute Gasteiger partial charge is 0.347 e. The molecular weight excluding hydrogens is 370 g/mol. The molecule has 4 rings (SSSR count). The number of piperidine rings is 1. The van der Waals surface area contributed by atoms with Crippen molar-refractivity contribution < 1.29 is 19.1 Å². The maximum atomic E-state index is 12.6. The standard InChI is InChI=1S/C22H29N3O4/c1-2-17-3-5-18(6-4-17)19-7-8-21(27)25(23-19)12-9-20(26)24-13-10-22(11-14-24)28-15-16-29-22/h3-7,23H,2,8-16H2,1H3. The number of ether oxygens (including phenoxy) is 2. The highest BCUT2D eigenvalue weighted by molar-refractivity contribution is 5.84. The summed E-state index contributed by atoms with van der Waals surface area (Å²) in [5.41, 5.74) is 6.42. The molecular formula is C22H29N3O4. The van der Waals surface area contributed by atoms with Crippen LogP contribution in [0, 0.1) is 0 Å². The highest BCUT2D eigenvalue weighted by atomic mass is 16.7. The van der Waals surface area contributed by atoms with E-state index in [1.807, 2.05) is 11.0 Å². The number of benzene rings is 1. The molecule has 2 amide bonds. The van der Waals surface area contributed by atoms with Crippen LogP contribution in [0.2, 0.25) is 0 Å². The van der Waals surface area contributed by atoms with Crippen molar-refractivity contribution in [2.45, 2.75) is 44.8 Å². The van der Waals surface area contributed by atoms with Crippen molar-refractivity contribution in [2.24, 2.45) is 0 Å². The van der Waals surface area contributed by atoms with Crippen LogP contribution in [0.5, 0.6) is 0 Å². The van der Waals surface area contributed by atoms with Crippen molar-refractivity contribution in [3.8, 4) is 0 Å². The maximum Gasteiger partial charge on any atom is 0.244 e. The topological polar surface area (TPSA) is 71.1 Å². The van der Waals surface area contributed by atoms with Gasteiger partial charge in [-0.25, -0.2) is 0 Å². The van der Waals surface area contributed by atoms with Gasteiger partial charge in [0.1, 0.15) is 0 Å². The molecule has 3 heterocycles. The SMILES string of the molecule is CCc1ccc(C2=CCC(=O)N(CCC(=O)N3CCC4(CC3)OCCO4)N2)cc1. The van der Waals surface area contributed by atoms with Crippen LogP contribution in [0.3, 0.4) is 0 Å². The Balaban J connectivity index is 1.29. The smallest absolute Gasteiger partial charge is 0.244 e. The molecule has 1 aromatic carbocycles. The van der Waals surface area contributed by atoms with Crippen LogP contribution in [-0.2, 0) is 25.5 Å². The van der Waals surface area contributed by atoms with Crippen molar-refractivity contribution >= 4 is 17.5 Å². The summed E-state index contributed by atoms with van der Waals surface area (Å²) < 4.78 is 11.4. The molecule has 0 saturated carbocycles. The van der Waals surface area contributed by atoms with Gasteiger partial charge in [0.25, 0.3) is 0 Å². The van der Waals surface area contributed by atoms with E-state index >= 15 is 0 Å². The molecule has 0 atom stereocenters. The fourth-order valence-electron chi connectivity index (χ4n) is 4.08. The number of hydrazine groups is 1. The van der Waals surface area contributed by atoms with E-state index in [-0.39, 0.29) is 11.8 Å². The molecule has 1 spiro atoms. The molecule has 7 nitrogen and oxygen atoms in total. The molecule has 1 N–H and O–H groups in total. The van der Waals surface area contributed by atoms with E-state index in [1.54, 1.807) is 5.01 Å². The third-order valence-corrected chi connectivity index (χ3v) is 5.95. The predicted molar refractivity (Wildman–Crippen MR) is 108 cm³/mol. The van der Waals surface area contributed by atoms with Crippen LogP contribution in [0.1, 0.15) is 43.7 Å². The van der Waals surface area contributed by atoms with Crippen LogP contribution in [0.4, 0.5) is 0 Å². The van der Waals surface area contributed by atoms with Crippen molar-refractivity contribution in [1.82, 2.24) is 15.3 Å². The lowest BCUT2D eigenvalue weighted by Gasteiger charge is -2.38. The number of nitrogens with one attached hydrogen (secondary N) is 1. The van der Waals surface area contributed by atoms with Crippen LogP contribution in [-0.4, -0.2) is 60.4 Å². The Labute approximate surface area is 171 Å². The Morgan fingerprint density at radius 2 is 1.83 bits per heavy atom. The fourth-order valence-corrected chi connectivity index (χ4v) is 4.08.